The van der Waals surface area contributed by atoms with E-state index in [0.29, 0.717) is 5.75 Å². The van der Waals surface area contributed by atoms with Crippen molar-refractivity contribution >= 4 is 5.71 Å². The van der Waals surface area contributed by atoms with E-state index in [4.69, 9.17) is 0 Å². The van der Waals surface area contributed by atoms with Gasteiger partial charge in [-0.3, -0.25) is 4.99 Å². The maximum atomic E-state index is 10.1. The van der Waals surface area contributed by atoms with Gasteiger partial charge in [-0.1, -0.05) is 36.4 Å². The second kappa shape index (κ2) is 4.54. The number of aromatic hydroxyl groups is 1. The molecule has 2 aromatic rings. The van der Waals surface area contributed by atoms with Crippen LogP contribution in [-0.4, -0.2) is 16.9 Å². The van der Waals surface area contributed by atoms with Crippen molar-refractivity contribution in [3.63, 3.8) is 0 Å². The Morgan fingerprint density at radius 3 is 2.58 bits per heavy atom. The monoisotopic (exact) mass is 251 g/mol. The quantitative estimate of drug-likeness (QED) is 0.821. The lowest BCUT2D eigenvalue weighted by Crippen LogP contribution is -2.17. The van der Waals surface area contributed by atoms with Crippen LogP contribution in [-0.2, 0) is 6.42 Å². The Hall–Kier alpha value is -2.09. The van der Waals surface area contributed by atoms with Gasteiger partial charge < -0.3 is 5.11 Å². The first-order valence-electron chi connectivity index (χ1n) is 6.62. The summed E-state index contributed by atoms with van der Waals surface area (Å²) in [6, 6.07) is 14.4. The van der Waals surface area contributed by atoms with E-state index in [1.807, 2.05) is 31.2 Å². The standard InChI is InChI=1S/C17H17NO/c1-11-10-15-14(13-6-4-3-5-7-13)8-9-16(19)17(15)12(2)18-11/h3-9,11,19H,10H2,1-2H3/t11-/m1/s1. The molecule has 0 amide bonds. The first kappa shape index (κ1) is 12.0. The summed E-state index contributed by atoms with van der Waals surface area (Å²) >= 11 is 0. The highest BCUT2D eigenvalue weighted by molar-refractivity contribution is 6.04. The lowest BCUT2D eigenvalue weighted by molar-refractivity contribution is 0.472. The maximum Gasteiger partial charge on any atom is 0.124 e. The molecule has 0 saturated carbocycles. The third kappa shape index (κ3) is 2.03. The van der Waals surface area contributed by atoms with Gasteiger partial charge in [0.05, 0.1) is 6.04 Å². The summed E-state index contributed by atoms with van der Waals surface area (Å²) in [4.78, 5) is 4.58. The SMILES string of the molecule is CC1=N[C@H](C)Cc2c(-c3ccccc3)ccc(O)c21. The van der Waals surface area contributed by atoms with Crippen LogP contribution < -0.4 is 0 Å². The number of aliphatic imine (C=N–C) groups is 1. The Balaban J connectivity index is 2.25. The van der Waals surface area contributed by atoms with Crippen molar-refractivity contribution in [2.24, 2.45) is 4.99 Å². The summed E-state index contributed by atoms with van der Waals surface area (Å²) in [6.07, 6.45) is 0.880. The fourth-order valence-electron chi connectivity index (χ4n) is 2.88. The van der Waals surface area contributed by atoms with Gasteiger partial charge in [-0.25, -0.2) is 0 Å². The van der Waals surface area contributed by atoms with Gasteiger partial charge in [0, 0.05) is 11.3 Å². The molecular formula is C17H17NO. The van der Waals surface area contributed by atoms with Crippen LogP contribution in [0.3, 0.4) is 0 Å². The topological polar surface area (TPSA) is 32.6 Å². The van der Waals surface area contributed by atoms with Crippen LogP contribution in [0.15, 0.2) is 47.5 Å². The minimum Gasteiger partial charge on any atom is -0.507 e. The van der Waals surface area contributed by atoms with Crippen molar-refractivity contribution in [3.05, 3.63) is 53.6 Å². The van der Waals surface area contributed by atoms with Crippen LogP contribution in [0.1, 0.15) is 25.0 Å². The van der Waals surface area contributed by atoms with Gasteiger partial charge in [0.25, 0.3) is 0 Å². The first-order valence-corrected chi connectivity index (χ1v) is 6.62. The predicted octanol–water partition coefficient (Wildman–Crippen LogP) is 3.81. The van der Waals surface area contributed by atoms with Gasteiger partial charge in [-0.05, 0) is 43.0 Å². The van der Waals surface area contributed by atoms with Gasteiger partial charge >= 0.3 is 0 Å². The van der Waals surface area contributed by atoms with Crippen LogP contribution in [0.25, 0.3) is 11.1 Å². The van der Waals surface area contributed by atoms with Crippen molar-refractivity contribution < 1.29 is 5.11 Å². The number of hydrogen-bond acceptors (Lipinski definition) is 2. The molecule has 2 heteroatoms. The van der Waals surface area contributed by atoms with Gasteiger partial charge in [-0.15, -0.1) is 0 Å². The lowest BCUT2D eigenvalue weighted by atomic mass is 9.87. The zero-order valence-electron chi connectivity index (χ0n) is 11.2. The van der Waals surface area contributed by atoms with Gasteiger partial charge in [0.2, 0.25) is 0 Å². The van der Waals surface area contributed by atoms with E-state index in [2.05, 4.69) is 24.0 Å². The molecule has 19 heavy (non-hydrogen) atoms. The molecule has 0 fully saturated rings. The average molecular weight is 251 g/mol. The predicted molar refractivity (Wildman–Crippen MR) is 78.9 cm³/mol. The zero-order chi connectivity index (χ0) is 13.4. The molecule has 0 aromatic heterocycles. The number of rotatable bonds is 1. The second-order valence-electron chi connectivity index (χ2n) is 5.12. The van der Waals surface area contributed by atoms with Gasteiger partial charge in [0.15, 0.2) is 0 Å². The second-order valence-corrected chi connectivity index (χ2v) is 5.12. The minimum atomic E-state index is 0.275. The van der Waals surface area contributed by atoms with Crippen molar-refractivity contribution in [2.45, 2.75) is 26.3 Å². The molecule has 0 bridgehead atoms. The van der Waals surface area contributed by atoms with Crippen LogP contribution in [0, 0.1) is 0 Å². The van der Waals surface area contributed by atoms with Crippen LogP contribution in [0.2, 0.25) is 0 Å². The summed E-state index contributed by atoms with van der Waals surface area (Å²) in [5.74, 6) is 0.336. The van der Waals surface area contributed by atoms with E-state index < -0.39 is 0 Å². The number of fused-ring (bicyclic) bond motifs is 1. The molecule has 0 unspecified atom stereocenters. The van der Waals surface area contributed by atoms with Crippen molar-refractivity contribution in [3.8, 4) is 16.9 Å². The fraction of sp³-hybridized carbons (Fsp3) is 0.235. The smallest absolute Gasteiger partial charge is 0.124 e. The van der Waals surface area contributed by atoms with Gasteiger partial charge in [-0.2, -0.15) is 0 Å². The Labute approximate surface area is 113 Å². The highest BCUT2D eigenvalue weighted by Gasteiger charge is 2.22. The van der Waals surface area contributed by atoms with Crippen molar-refractivity contribution in [1.82, 2.24) is 0 Å². The zero-order valence-corrected chi connectivity index (χ0v) is 11.2. The summed E-state index contributed by atoms with van der Waals surface area (Å²) < 4.78 is 0. The number of phenols is 1. The Kier molecular flexibility index (Phi) is 2.86. The minimum absolute atomic E-state index is 0.275. The first-order chi connectivity index (χ1) is 9.16. The molecular weight excluding hydrogens is 234 g/mol. The molecule has 0 saturated heterocycles. The summed E-state index contributed by atoms with van der Waals surface area (Å²) in [5.41, 5.74) is 5.46. The molecule has 0 spiro atoms. The average Bonchev–Trinajstić information content (AvgIpc) is 2.39. The fourth-order valence-corrected chi connectivity index (χ4v) is 2.88. The highest BCUT2D eigenvalue weighted by Crippen LogP contribution is 2.35. The van der Waals surface area contributed by atoms with Gasteiger partial charge in [0.1, 0.15) is 5.75 Å². The molecule has 0 radical (unpaired) electrons. The summed E-state index contributed by atoms with van der Waals surface area (Å²) in [7, 11) is 0. The summed E-state index contributed by atoms with van der Waals surface area (Å²) in [5, 5.41) is 10.1. The molecule has 96 valence electrons. The molecule has 1 atom stereocenters. The maximum absolute atomic E-state index is 10.1. The van der Waals surface area contributed by atoms with E-state index in [-0.39, 0.29) is 6.04 Å². The molecule has 2 nitrogen and oxygen atoms in total. The number of phenolic OH excluding ortho intramolecular Hbond substituents is 1. The highest BCUT2D eigenvalue weighted by atomic mass is 16.3. The Morgan fingerprint density at radius 1 is 1.11 bits per heavy atom. The molecule has 1 heterocycles. The number of nitrogens with zero attached hydrogens (tertiary/aromatic N) is 1. The van der Waals surface area contributed by atoms with E-state index >= 15 is 0 Å². The van der Waals surface area contributed by atoms with E-state index in [1.165, 1.54) is 16.7 Å². The third-order valence-corrected chi connectivity index (χ3v) is 3.65. The van der Waals surface area contributed by atoms with Crippen molar-refractivity contribution in [1.29, 1.82) is 0 Å². The molecule has 2 aromatic carbocycles. The van der Waals surface area contributed by atoms with Crippen LogP contribution in [0.5, 0.6) is 5.75 Å². The van der Waals surface area contributed by atoms with E-state index in [9.17, 15) is 5.11 Å². The number of benzene rings is 2. The molecule has 1 aliphatic heterocycles. The largest absolute Gasteiger partial charge is 0.507 e. The van der Waals surface area contributed by atoms with Crippen molar-refractivity contribution in [2.75, 3.05) is 0 Å². The van der Waals surface area contributed by atoms with Crippen LogP contribution >= 0.6 is 0 Å². The lowest BCUT2D eigenvalue weighted by Gasteiger charge is -2.23. The summed E-state index contributed by atoms with van der Waals surface area (Å²) in [6.45, 7) is 4.09. The van der Waals surface area contributed by atoms with Crippen LogP contribution in [0.4, 0.5) is 0 Å². The molecule has 1 N–H and O–H groups in total. The van der Waals surface area contributed by atoms with E-state index in [0.717, 1.165) is 17.7 Å². The molecule has 3 rings (SSSR count). The Bertz CT molecular complexity index is 644. The molecule has 0 aliphatic carbocycles. The third-order valence-electron chi connectivity index (χ3n) is 3.65. The number of hydrogen-bond donors (Lipinski definition) is 1. The Morgan fingerprint density at radius 2 is 1.84 bits per heavy atom. The normalized spacial score (nSPS) is 17.8. The molecule has 1 aliphatic rings. The van der Waals surface area contributed by atoms with E-state index in [1.54, 1.807) is 6.07 Å².